The number of nitro benzene ring substituents is 1. The molecule has 0 radical (unpaired) electrons. The first-order chi connectivity index (χ1) is 8.26. The Kier molecular flexibility index (Phi) is 4.12. The SMILES string of the molecule is Cc1cc(NCC(F)(F)CO)c([N+](=O)[O-])cc1F. The van der Waals surface area contributed by atoms with Crippen molar-refractivity contribution in [3.8, 4) is 0 Å². The van der Waals surface area contributed by atoms with Crippen molar-refractivity contribution < 1.29 is 23.2 Å². The summed E-state index contributed by atoms with van der Waals surface area (Å²) in [5, 5.41) is 21.1. The van der Waals surface area contributed by atoms with Gasteiger partial charge in [0.15, 0.2) is 0 Å². The normalized spacial score (nSPS) is 11.4. The van der Waals surface area contributed by atoms with E-state index in [0.29, 0.717) is 6.07 Å². The lowest BCUT2D eigenvalue weighted by molar-refractivity contribution is -0.384. The molecule has 0 aliphatic carbocycles. The highest BCUT2D eigenvalue weighted by Gasteiger charge is 2.28. The van der Waals surface area contributed by atoms with Crippen LogP contribution in [0.3, 0.4) is 0 Å². The highest BCUT2D eigenvalue weighted by atomic mass is 19.3. The monoisotopic (exact) mass is 264 g/mol. The fourth-order valence-corrected chi connectivity index (χ4v) is 1.24. The molecular weight excluding hydrogens is 253 g/mol. The van der Waals surface area contributed by atoms with E-state index in [0.717, 1.165) is 6.07 Å². The number of alkyl halides is 2. The third-order valence-electron chi connectivity index (χ3n) is 2.24. The molecule has 0 amide bonds. The average molecular weight is 264 g/mol. The lowest BCUT2D eigenvalue weighted by Gasteiger charge is -2.15. The second-order valence-corrected chi connectivity index (χ2v) is 3.74. The van der Waals surface area contributed by atoms with Gasteiger partial charge in [-0.1, -0.05) is 0 Å². The predicted octanol–water partition coefficient (Wildman–Crippen LogP) is 2.08. The summed E-state index contributed by atoms with van der Waals surface area (Å²) in [7, 11) is 0. The molecule has 5 nitrogen and oxygen atoms in total. The van der Waals surface area contributed by atoms with Gasteiger partial charge in [-0.25, -0.2) is 13.2 Å². The molecule has 0 aromatic heterocycles. The van der Waals surface area contributed by atoms with Crippen molar-refractivity contribution in [2.75, 3.05) is 18.5 Å². The van der Waals surface area contributed by atoms with Crippen LogP contribution in [0.15, 0.2) is 12.1 Å². The number of nitrogens with one attached hydrogen (secondary N) is 1. The summed E-state index contributed by atoms with van der Waals surface area (Å²) < 4.78 is 38.7. The average Bonchev–Trinajstić information content (AvgIpc) is 2.30. The van der Waals surface area contributed by atoms with Crippen LogP contribution < -0.4 is 5.32 Å². The first kappa shape index (κ1) is 14.2. The maximum absolute atomic E-state index is 13.1. The molecule has 0 atom stereocenters. The molecule has 1 aromatic rings. The van der Waals surface area contributed by atoms with Crippen LogP contribution in [0, 0.1) is 22.9 Å². The van der Waals surface area contributed by atoms with Crippen LogP contribution in [0.4, 0.5) is 24.5 Å². The van der Waals surface area contributed by atoms with Crippen molar-refractivity contribution in [2.24, 2.45) is 0 Å². The van der Waals surface area contributed by atoms with Crippen LogP contribution in [0.5, 0.6) is 0 Å². The topological polar surface area (TPSA) is 75.4 Å². The van der Waals surface area contributed by atoms with E-state index in [-0.39, 0.29) is 11.3 Å². The van der Waals surface area contributed by atoms with E-state index in [1.165, 1.54) is 6.92 Å². The number of halogens is 3. The third kappa shape index (κ3) is 3.33. The molecule has 8 heteroatoms. The standard InChI is InChI=1S/C10H11F3N2O3/c1-6-2-8(14-4-10(12,13)5-16)9(15(17)18)3-7(6)11/h2-3,14,16H,4-5H2,1H3. The van der Waals surface area contributed by atoms with Gasteiger partial charge < -0.3 is 10.4 Å². The number of aryl methyl sites for hydroxylation is 1. The minimum atomic E-state index is -3.41. The molecule has 1 aromatic carbocycles. The van der Waals surface area contributed by atoms with Gasteiger partial charge in [-0.2, -0.15) is 0 Å². The summed E-state index contributed by atoms with van der Waals surface area (Å²) in [6, 6.07) is 1.73. The van der Waals surface area contributed by atoms with Gasteiger partial charge in [0.25, 0.3) is 11.6 Å². The summed E-state index contributed by atoms with van der Waals surface area (Å²) in [5.74, 6) is -4.20. The Bertz CT molecular complexity index is 466. The van der Waals surface area contributed by atoms with Crippen LogP contribution >= 0.6 is 0 Å². The lowest BCUT2D eigenvalue weighted by Crippen LogP contribution is -2.31. The number of aliphatic hydroxyl groups excluding tert-OH is 1. The molecule has 0 saturated heterocycles. The van der Waals surface area contributed by atoms with Gasteiger partial charge >= 0.3 is 0 Å². The van der Waals surface area contributed by atoms with Crippen molar-refractivity contribution >= 4 is 11.4 Å². The van der Waals surface area contributed by atoms with Crippen molar-refractivity contribution in [1.82, 2.24) is 0 Å². The Hall–Kier alpha value is -1.83. The van der Waals surface area contributed by atoms with E-state index >= 15 is 0 Å². The minimum absolute atomic E-state index is 0.0930. The maximum Gasteiger partial charge on any atom is 0.295 e. The molecule has 18 heavy (non-hydrogen) atoms. The molecule has 0 heterocycles. The van der Waals surface area contributed by atoms with Crippen LogP contribution in [-0.4, -0.2) is 29.1 Å². The van der Waals surface area contributed by atoms with Crippen molar-refractivity contribution in [1.29, 1.82) is 0 Å². The molecule has 0 aliphatic rings. The molecule has 0 fully saturated rings. The van der Waals surface area contributed by atoms with Crippen molar-refractivity contribution in [3.05, 3.63) is 33.6 Å². The Morgan fingerprint density at radius 3 is 2.61 bits per heavy atom. The summed E-state index contributed by atoms with van der Waals surface area (Å²) in [5.41, 5.74) is -0.755. The Morgan fingerprint density at radius 2 is 2.11 bits per heavy atom. The minimum Gasteiger partial charge on any atom is -0.390 e. The summed E-state index contributed by atoms with van der Waals surface area (Å²) in [6.07, 6.45) is 0. The molecule has 0 unspecified atom stereocenters. The number of aliphatic hydroxyl groups is 1. The summed E-state index contributed by atoms with van der Waals surface area (Å²) in [4.78, 5) is 9.77. The van der Waals surface area contributed by atoms with Gasteiger partial charge in [0.05, 0.1) is 17.5 Å². The first-order valence-corrected chi connectivity index (χ1v) is 4.94. The number of nitrogens with zero attached hydrogens (tertiary/aromatic N) is 1. The van der Waals surface area contributed by atoms with E-state index < -0.39 is 35.5 Å². The van der Waals surface area contributed by atoms with Crippen molar-refractivity contribution in [2.45, 2.75) is 12.8 Å². The van der Waals surface area contributed by atoms with Crippen LogP contribution in [0.25, 0.3) is 0 Å². The first-order valence-electron chi connectivity index (χ1n) is 4.94. The van der Waals surface area contributed by atoms with E-state index in [1.54, 1.807) is 0 Å². The molecular formula is C10H11F3N2O3. The lowest BCUT2D eigenvalue weighted by atomic mass is 10.1. The van der Waals surface area contributed by atoms with E-state index in [1.807, 2.05) is 0 Å². The van der Waals surface area contributed by atoms with Crippen LogP contribution in [0.1, 0.15) is 5.56 Å². The quantitative estimate of drug-likeness (QED) is 0.630. The molecule has 0 aliphatic heterocycles. The second-order valence-electron chi connectivity index (χ2n) is 3.74. The van der Waals surface area contributed by atoms with Crippen molar-refractivity contribution in [3.63, 3.8) is 0 Å². The van der Waals surface area contributed by atoms with Gasteiger partial charge in [0.2, 0.25) is 0 Å². The largest absolute Gasteiger partial charge is 0.390 e. The highest BCUT2D eigenvalue weighted by Crippen LogP contribution is 2.28. The number of anilines is 1. The third-order valence-corrected chi connectivity index (χ3v) is 2.24. The van der Waals surface area contributed by atoms with Gasteiger partial charge in [-0.05, 0) is 18.6 Å². The number of hydrogen-bond acceptors (Lipinski definition) is 4. The Morgan fingerprint density at radius 1 is 1.50 bits per heavy atom. The Labute approximate surface area is 100 Å². The second kappa shape index (κ2) is 5.21. The zero-order valence-corrected chi connectivity index (χ0v) is 9.41. The van der Waals surface area contributed by atoms with Crippen LogP contribution in [0.2, 0.25) is 0 Å². The number of rotatable bonds is 5. The van der Waals surface area contributed by atoms with E-state index in [4.69, 9.17) is 5.11 Å². The van der Waals surface area contributed by atoms with Crippen LogP contribution in [-0.2, 0) is 0 Å². The predicted molar refractivity (Wildman–Crippen MR) is 58.3 cm³/mol. The molecule has 1 rings (SSSR count). The summed E-state index contributed by atoms with van der Waals surface area (Å²) >= 11 is 0. The van der Waals surface area contributed by atoms with Gasteiger partial charge in [0, 0.05) is 0 Å². The highest BCUT2D eigenvalue weighted by molar-refractivity contribution is 5.63. The van der Waals surface area contributed by atoms with Gasteiger partial charge in [0.1, 0.15) is 18.1 Å². The fraction of sp³-hybridized carbons (Fsp3) is 0.400. The summed E-state index contributed by atoms with van der Waals surface area (Å²) in [6.45, 7) is -1.00. The van der Waals surface area contributed by atoms with Gasteiger partial charge in [-0.3, -0.25) is 10.1 Å². The smallest absolute Gasteiger partial charge is 0.295 e. The number of nitro groups is 1. The molecule has 0 bridgehead atoms. The fourth-order valence-electron chi connectivity index (χ4n) is 1.24. The van der Waals surface area contributed by atoms with E-state index in [2.05, 4.69) is 5.32 Å². The maximum atomic E-state index is 13.1. The number of hydrogen-bond donors (Lipinski definition) is 2. The zero-order chi connectivity index (χ0) is 13.9. The van der Waals surface area contributed by atoms with E-state index in [9.17, 15) is 23.3 Å². The zero-order valence-electron chi connectivity index (χ0n) is 9.41. The Balaban J connectivity index is 3.01. The van der Waals surface area contributed by atoms with Gasteiger partial charge in [-0.15, -0.1) is 0 Å². The molecule has 0 saturated carbocycles. The molecule has 2 N–H and O–H groups in total. The molecule has 0 spiro atoms. The molecule has 100 valence electrons. The number of benzene rings is 1.